The van der Waals surface area contributed by atoms with Gasteiger partial charge < -0.3 is 18.6 Å². The van der Waals surface area contributed by atoms with Crippen LogP contribution in [0.2, 0.25) is 0 Å². The Morgan fingerprint density at radius 2 is 0.586 bits per heavy atom. The van der Waals surface area contributed by atoms with Crippen molar-refractivity contribution in [2.24, 2.45) is 0 Å². The Balaban J connectivity index is 0.780. The second-order valence-corrected chi connectivity index (χ2v) is 22.4. The molecule has 0 amide bonds. The van der Waals surface area contributed by atoms with Gasteiger partial charge in [0.2, 0.25) is 11.8 Å². The normalized spacial score (nSPS) is 12.5. The number of hydrogen-bond acceptors (Lipinski definition) is 4. The molecule has 0 radical (unpaired) electrons. The molecule has 0 saturated heterocycles. The van der Waals surface area contributed by atoms with E-state index in [4.69, 9.17) is 8.83 Å². The van der Waals surface area contributed by atoms with Gasteiger partial charge in [0.05, 0.1) is 27.5 Å². The molecule has 17 rings (SSSR count). The Hall–Kier alpha value is -11.6. The standard InChI is InChI=1S/C81H54N4O2/c1-5-21-55(22-6-1)77-49-51-79(86-77)84-73-35-19-15-31-67(73)69-53-63(45-47-75(69)84)82(59-25-9-3-10-26-59)61-41-37-57(38-42-61)81(71-33-17-13-29-65(71)66-30-14-18-34-72(66)81)58-39-43-62(44-40-58)83(60-27-11-4-12-28-60)64-46-48-76-70(54-64)68-32-16-20-36-74(68)85(76)80-52-50-78(87-80)56-23-7-2-8-24-56/h1-54H. The lowest BCUT2D eigenvalue weighted by Crippen LogP contribution is -2.28. The van der Waals surface area contributed by atoms with Gasteiger partial charge in [-0.15, -0.1) is 0 Å². The third-order valence-corrected chi connectivity index (χ3v) is 17.7. The monoisotopic (exact) mass is 1110 g/mol. The quantitative estimate of drug-likeness (QED) is 0.122. The zero-order valence-electron chi connectivity index (χ0n) is 47.3. The van der Waals surface area contributed by atoms with Gasteiger partial charge in [-0.1, -0.05) is 206 Å². The van der Waals surface area contributed by atoms with Crippen molar-refractivity contribution in [3.8, 4) is 45.5 Å². The summed E-state index contributed by atoms with van der Waals surface area (Å²) >= 11 is 0. The van der Waals surface area contributed by atoms with Gasteiger partial charge in [0.25, 0.3) is 0 Å². The maximum Gasteiger partial charge on any atom is 0.205 e. The molecule has 6 nitrogen and oxygen atoms in total. The minimum absolute atomic E-state index is 0.640. The smallest absolute Gasteiger partial charge is 0.205 e. The average Bonchev–Trinajstić information content (AvgIpc) is 1.64. The summed E-state index contributed by atoms with van der Waals surface area (Å²) in [5.74, 6) is 3.22. The molecule has 0 fully saturated rings. The van der Waals surface area contributed by atoms with Crippen LogP contribution >= 0.6 is 0 Å². The second kappa shape index (κ2) is 20.3. The van der Waals surface area contributed by atoms with E-state index >= 15 is 0 Å². The molecule has 0 spiro atoms. The summed E-state index contributed by atoms with van der Waals surface area (Å²) in [6, 6.07) is 118. The Labute approximate surface area is 503 Å². The zero-order chi connectivity index (χ0) is 57.4. The van der Waals surface area contributed by atoms with Crippen LogP contribution in [0, 0.1) is 0 Å². The van der Waals surface area contributed by atoms with Crippen molar-refractivity contribution < 1.29 is 8.83 Å². The fourth-order valence-corrected chi connectivity index (χ4v) is 13.9. The summed E-state index contributed by atoms with van der Waals surface area (Å²) in [6.45, 7) is 0. The molecule has 0 bridgehead atoms. The van der Waals surface area contributed by atoms with E-state index in [1.807, 2.05) is 36.4 Å². The second-order valence-electron chi connectivity index (χ2n) is 22.4. The van der Waals surface area contributed by atoms with Crippen LogP contribution in [0.1, 0.15) is 22.3 Å². The molecular formula is C81H54N4O2. The molecule has 410 valence electrons. The number of benzene rings is 12. The fraction of sp³-hybridized carbons (Fsp3) is 0.0123. The minimum Gasteiger partial charge on any atom is -0.440 e. The first kappa shape index (κ1) is 50.0. The van der Waals surface area contributed by atoms with Crippen molar-refractivity contribution in [3.63, 3.8) is 0 Å². The zero-order valence-corrected chi connectivity index (χ0v) is 47.3. The van der Waals surface area contributed by atoms with Crippen molar-refractivity contribution in [2.45, 2.75) is 5.41 Å². The third-order valence-electron chi connectivity index (χ3n) is 17.7. The predicted octanol–water partition coefficient (Wildman–Crippen LogP) is 21.7. The molecular weight excluding hydrogens is 1060 g/mol. The number of anilines is 6. The third kappa shape index (κ3) is 8.03. The molecule has 12 aromatic carbocycles. The molecule has 0 atom stereocenters. The van der Waals surface area contributed by atoms with Crippen LogP contribution in [-0.4, -0.2) is 9.13 Å². The highest BCUT2D eigenvalue weighted by Crippen LogP contribution is 2.57. The Kier molecular flexibility index (Phi) is 11.7. The first-order valence-electron chi connectivity index (χ1n) is 29.6. The Bertz CT molecular complexity index is 4880. The van der Waals surface area contributed by atoms with Gasteiger partial charge in [0.1, 0.15) is 11.5 Å². The summed E-state index contributed by atoms with van der Waals surface area (Å²) in [5, 5.41) is 4.59. The highest BCUT2D eigenvalue weighted by atomic mass is 16.4. The van der Waals surface area contributed by atoms with E-state index in [-0.39, 0.29) is 0 Å². The number of furan rings is 2. The highest BCUT2D eigenvalue weighted by molar-refractivity contribution is 6.12. The molecule has 1 aliphatic rings. The molecule has 16 aromatic rings. The van der Waals surface area contributed by atoms with Crippen LogP contribution in [0.3, 0.4) is 0 Å². The van der Waals surface area contributed by atoms with Crippen molar-refractivity contribution in [2.75, 3.05) is 9.80 Å². The van der Waals surface area contributed by atoms with E-state index in [1.54, 1.807) is 0 Å². The SMILES string of the molecule is c1ccc(-c2ccc(-n3c4ccccc4c4cc(N(c5ccccc5)c5ccc(C6(c7ccc(N(c8ccccc8)c8ccc9c(c8)c8ccccc8n9-c8ccc(-c9ccccc9)o8)cc7)c7ccccc7-c7ccccc76)cc5)ccc43)o2)cc1. The van der Waals surface area contributed by atoms with Crippen LogP contribution in [0.4, 0.5) is 34.1 Å². The lowest BCUT2D eigenvalue weighted by Gasteiger charge is -2.35. The Morgan fingerprint density at radius 1 is 0.253 bits per heavy atom. The topological polar surface area (TPSA) is 42.6 Å². The summed E-state index contributed by atoms with van der Waals surface area (Å²) in [5.41, 5.74) is 19.5. The average molecular weight is 1120 g/mol. The molecule has 0 unspecified atom stereocenters. The molecule has 6 heteroatoms. The number of para-hydroxylation sites is 4. The van der Waals surface area contributed by atoms with Crippen LogP contribution in [0.25, 0.3) is 89.2 Å². The van der Waals surface area contributed by atoms with Gasteiger partial charge in [0, 0.05) is 78.9 Å². The van der Waals surface area contributed by atoms with Gasteiger partial charge in [-0.05, 0) is 143 Å². The molecule has 4 aromatic heterocycles. The largest absolute Gasteiger partial charge is 0.440 e. The molecule has 4 heterocycles. The van der Waals surface area contributed by atoms with Gasteiger partial charge in [-0.2, -0.15) is 0 Å². The predicted molar refractivity (Wildman–Crippen MR) is 357 cm³/mol. The summed E-state index contributed by atoms with van der Waals surface area (Å²) < 4.78 is 17.8. The van der Waals surface area contributed by atoms with Gasteiger partial charge in [-0.3, -0.25) is 9.13 Å². The van der Waals surface area contributed by atoms with E-state index in [0.717, 1.165) is 112 Å². The molecule has 1 aliphatic carbocycles. The van der Waals surface area contributed by atoms with Crippen molar-refractivity contribution in [3.05, 3.63) is 350 Å². The van der Waals surface area contributed by atoms with Gasteiger partial charge >= 0.3 is 0 Å². The molecule has 0 N–H and O–H groups in total. The van der Waals surface area contributed by atoms with E-state index in [9.17, 15) is 0 Å². The molecule has 87 heavy (non-hydrogen) atoms. The number of hydrogen-bond donors (Lipinski definition) is 0. The first-order chi connectivity index (χ1) is 43.2. The van der Waals surface area contributed by atoms with Crippen molar-refractivity contribution in [1.82, 2.24) is 9.13 Å². The van der Waals surface area contributed by atoms with E-state index in [0.29, 0.717) is 0 Å². The Morgan fingerprint density at radius 3 is 1.01 bits per heavy atom. The number of aromatic nitrogens is 2. The van der Waals surface area contributed by atoms with E-state index in [1.165, 1.54) is 33.4 Å². The highest BCUT2D eigenvalue weighted by Gasteiger charge is 2.46. The number of fused-ring (bicyclic) bond motifs is 9. The minimum atomic E-state index is -0.640. The summed E-state index contributed by atoms with van der Waals surface area (Å²) in [4.78, 5) is 4.75. The van der Waals surface area contributed by atoms with Crippen LogP contribution < -0.4 is 9.80 Å². The summed E-state index contributed by atoms with van der Waals surface area (Å²) in [7, 11) is 0. The van der Waals surface area contributed by atoms with Crippen LogP contribution in [0.5, 0.6) is 0 Å². The van der Waals surface area contributed by atoms with Crippen molar-refractivity contribution in [1.29, 1.82) is 0 Å². The van der Waals surface area contributed by atoms with Crippen LogP contribution in [-0.2, 0) is 5.41 Å². The lowest BCUT2D eigenvalue weighted by molar-refractivity contribution is 0.560. The maximum absolute atomic E-state index is 6.63. The number of rotatable bonds is 12. The summed E-state index contributed by atoms with van der Waals surface area (Å²) in [6.07, 6.45) is 0. The van der Waals surface area contributed by atoms with Crippen molar-refractivity contribution >= 4 is 77.7 Å². The van der Waals surface area contributed by atoms with Gasteiger partial charge in [-0.25, -0.2) is 0 Å². The van der Waals surface area contributed by atoms with E-state index in [2.05, 4.69) is 310 Å². The fourth-order valence-electron chi connectivity index (χ4n) is 13.9. The van der Waals surface area contributed by atoms with E-state index < -0.39 is 5.41 Å². The van der Waals surface area contributed by atoms with Crippen LogP contribution in [0.15, 0.2) is 336 Å². The van der Waals surface area contributed by atoms with Gasteiger partial charge in [0.15, 0.2) is 0 Å². The molecule has 0 aliphatic heterocycles. The molecule has 0 saturated carbocycles. The lowest BCUT2D eigenvalue weighted by atomic mass is 9.67. The first-order valence-corrected chi connectivity index (χ1v) is 29.6. The maximum atomic E-state index is 6.63. The number of nitrogens with zero attached hydrogens (tertiary/aromatic N) is 4.